The monoisotopic (exact) mass is 389 g/mol. The third kappa shape index (κ3) is 4.08. The maximum absolute atomic E-state index is 13.3. The number of rotatable bonds is 5. The molecule has 2 aromatic carbocycles. The molecule has 0 radical (unpaired) electrons. The van der Waals surface area contributed by atoms with E-state index in [0.717, 1.165) is 22.3 Å². The third-order valence-corrected chi connectivity index (χ3v) is 4.62. The SMILES string of the molecule is Cc1ccccc1NC(=O)NCCn1c(-c2ccc(F)cc2)nc2cccnc21. The lowest BCUT2D eigenvalue weighted by Gasteiger charge is -2.12. The molecule has 2 N–H and O–H groups in total. The molecule has 0 saturated carbocycles. The van der Waals surface area contributed by atoms with Crippen LogP contribution in [0.5, 0.6) is 0 Å². The van der Waals surface area contributed by atoms with Crippen LogP contribution in [0.15, 0.2) is 66.9 Å². The number of pyridine rings is 1. The van der Waals surface area contributed by atoms with Gasteiger partial charge in [0, 0.05) is 30.5 Å². The number of para-hydroxylation sites is 1. The number of benzene rings is 2. The fourth-order valence-electron chi connectivity index (χ4n) is 3.15. The largest absolute Gasteiger partial charge is 0.336 e. The summed E-state index contributed by atoms with van der Waals surface area (Å²) in [6.45, 7) is 2.79. The van der Waals surface area contributed by atoms with Gasteiger partial charge in [-0.2, -0.15) is 0 Å². The van der Waals surface area contributed by atoms with Crippen LogP contribution in [0.3, 0.4) is 0 Å². The van der Waals surface area contributed by atoms with E-state index in [2.05, 4.69) is 20.6 Å². The van der Waals surface area contributed by atoms with Gasteiger partial charge in [-0.3, -0.25) is 0 Å². The van der Waals surface area contributed by atoms with Crippen molar-refractivity contribution in [3.05, 3.63) is 78.2 Å². The molecule has 4 aromatic rings. The number of nitrogens with zero attached hydrogens (tertiary/aromatic N) is 3. The lowest BCUT2D eigenvalue weighted by Crippen LogP contribution is -2.31. The molecule has 0 atom stereocenters. The number of carbonyl (C=O) groups is 1. The van der Waals surface area contributed by atoms with Crippen molar-refractivity contribution in [2.24, 2.45) is 0 Å². The van der Waals surface area contributed by atoms with Crippen LogP contribution in [0, 0.1) is 12.7 Å². The molecule has 7 heteroatoms. The first-order valence-corrected chi connectivity index (χ1v) is 9.29. The number of aromatic nitrogens is 3. The Morgan fingerprint density at radius 1 is 1.07 bits per heavy atom. The summed E-state index contributed by atoms with van der Waals surface area (Å²) in [5.74, 6) is 0.379. The van der Waals surface area contributed by atoms with E-state index in [1.165, 1.54) is 12.1 Å². The van der Waals surface area contributed by atoms with Gasteiger partial charge in [0.1, 0.15) is 17.2 Å². The molecule has 0 fully saturated rings. The summed E-state index contributed by atoms with van der Waals surface area (Å²) >= 11 is 0. The number of nitrogens with one attached hydrogen (secondary N) is 2. The fraction of sp³-hybridized carbons (Fsp3) is 0.136. The quantitative estimate of drug-likeness (QED) is 0.532. The molecule has 0 aliphatic heterocycles. The molecule has 6 nitrogen and oxygen atoms in total. The zero-order valence-corrected chi connectivity index (χ0v) is 15.9. The van der Waals surface area contributed by atoms with E-state index in [0.29, 0.717) is 24.6 Å². The minimum absolute atomic E-state index is 0.278. The van der Waals surface area contributed by atoms with E-state index in [-0.39, 0.29) is 11.8 Å². The molecular weight excluding hydrogens is 369 g/mol. The summed E-state index contributed by atoms with van der Waals surface area (Å²) in [5.41, 5.74) is 4.01. The summed E-state index contributed by atoms with van der Waals surface area (Å²) in [6, 6.07) is 17.2. The zero-order chi connectivity index (χ0) is 20.2. The summed E-state index contributed by atoms with van der Waals surface area (Å²) in [7, 11) is 0. The van der Waals surface area contributed by atoms with Crippen LogP contribution in [-0.2, 0) is 6.54 Å². The number of fused-ring (bicyclic) bond motifs is 1. The van der Waals surface area contributed by atoms with Crippen molar-refractivity contribution in [2.45, 2.75) is 13.5 Å². The van der Waals surface area contributed by atoms with Crippen molar-refractivity contribution >= 4 is 22.9 Å². The number of carbonyl (C=O) groups excluding carboxylic acids is 1. The predicted molar refractivity (Wildman–Crippen MR) is 111 cm³/mol. The van der Waals surface area contributed by atoms with Crippen LogP contribution in [0.2, 0.25) is 0 Å². The standard InChI is InChI=1S/C22H20FN5O/c1-15-5-2-3-6-18(15)27-22(29)25-13-14-28-20(16-8-10-17(23)11-9-16)26-19-7-4-12-24-21(19)28/h2-12H,13-14H2,1H3,(H2,25,27,29). The predicted octanol–water partition coefficient (Wildman–Crippen LogP) is 4.37. The molecule has 29 heavy (non-hydrogen) atoms. The minimum atomic E-state index is -0.302. The third-order valence-electron chi connectivity index (χ3n) is 4.62. The van der Waals surface area contributed by atoms with Crippen LogP contribution < -0.4 is 10.6 Å². The highest BCUT2D eigenvalue weighted by atomic mass is 19.1. The average molecular weight is 389 g/mol. The first kappa shape index (κ1) is 18.6. The van der Waals surface area contributed by atoms with Crippen LogP contribution in [0.4, 0.5) is 14.9 Å². The molecule has 0 unspecified atom stereocenters. The molecule has 0 spiro atoms. The normalized spacial score (nSPS) is 10.8. The number of urea groups is 1. The van der Waals surface area contributed by atoms with Gasteiger partial charge in [-0.1, -0.05) is 18.2 Å². The summed E-state index contributed by atoms with van der Waals surface area (Å²) in [6.07, 6.45) is 1.70. The van der Waals surface area contributed by atoms with Gasteiger partial charge >= 0.3 is 6.03 Å². The van der Waals surface area contributed by atoms with Gasteiger partial charge in [0.2, 0.25) is 0 Å². The maximum Gasteiger partial charge on any atom is 0.319 e. The molecule has 2 aromatic heterocycles. The van der Waals surface area contributed by atoms with Gasteiger partial charge in [-0.05, 0) is 55.0 Å². The van der Waals surface area contributed by atoms with Crippen molar-refractivity contribution in [1.82, 2.24) is 19.9 Å². The highest BCUT2D eigenvalue weighted by Gasteiger charge is 2.14. The lowest BCUT2D eigenvalue weighted by atomic mass is 10.2. The van der Waals surface area contributed by atoms with Gasteiger partial charge in [0.25, 0.3) is 0 Å². The Balaban J connectivity index is 1.51. The second-order valence-electron chi connectivity index (χ2n) is 6.64. The lowest BCUT2D eigenvalue weighted by molar-refractivity contribution is 0.251. The van der Waals surface area contributed by atoms with Crippen LogP contribution in [-0.4, -0.2) is 27.1 Å². The first-order chi connectivity index (χ1) is 14.1. The summed E-state index contributed by atoms with van der Waals surface area (Å²) in [5, 5.41) is 5.71. The van der Waals surface area contributed by atoms with Gasteiger partial charge in [-0.15, -0.1) is 0 Å². The molecule has 0 bridgehead atoms. The summed E-state index contributed by atoms with van der Waals surface area (Å²) < 4.78 is 15.2. The van der Waals surface area contributed by atoms with Gasteiger partial charge in [-0.25, -0.2) is 19.2 Å². The number of anilines is 1. The topological polar surface area (TPSA) is 71.8 Å². The smallest absolute Gasteiger partial charge is 0.319 e. The molecule has 4 rings (SSSR count). The molecule has 0 aliphatic rings. The Morgan fingerprint density at radius 2 is 1.86 bits per heavy atom. The number of hydrogen-bond acceptors (Lipinski definition) is 3. The second kappa shape index (κ2) is 8.10. The Hall–Kier alpha value is -3.74. The summed E-state index contributed by atoms with van der Waals surface area (Å²) in [4.78, 5) is 21.3. The Kier molecular flexibility index (Phi) is 5.20. The number of imidazole rings is 1. The average Bonchev–Trinajstić information content (AvgIpc) is 3.09. The van der Waals surface area contributed by atoms with Gasteiger partial charge < -0.3 is 15.2 Å². The number of aryl methyl sites for hydroxylation is 1. The van der Waals surface area contributed by atoms with Crippen LogP contribution in [0.25, 0.3) is 22.6 Å². The van der Waals surface area contributed by atoms with Crippen molar-refractivity contribution in [3.8, 4) is 11.4 Å². The molecule has 0 aliphatic carbocycles. The maximum atomic E-state index is 13.3. The van der Waals surface area contributed by atoms with E-state index in [9.17, 15) is 9.18 Å². The fourth-order valence-corrected chi connectivity index (χ4v) is 3.15. The van der Waals surface area contributed by atoms with E-state index < -0.39 is 0 Å². The van der Waals surface area contributed by atoms with Crippen molar-refractivity contribution < 1.29 is 9.18 Å². The van der Waals surface area contributed by atoms with E-state index in [4.69, 9.17) is 0 Å². The Labute approximate surface area is 167 Å². The Bertz CT molecular complexity index is 1150. The van der Waals surface area contributed by atoms with Crippen LogP contribution >= 0.6 is 0 Å². The van der Waals surface area contributed by atoms with E-state index in [1.807, 2.05) is 47.9 Å². The van der Waals surface area contributed by atoms with E-state index in [1.54, 1.807) is 18.3 Å². The van der Waals surface area contributed by atoms with Crippen molar-refractivity contribution in [1.29, 1.82) is 0 Å². The molecular formula is C22H20FN5O. The molecule has 146 valence electrons. The number of hydrogen-bond donors (Lipinski definition) is 2. The highest BCUT2D eigenvalue weighted by molar-refractivity contribution is 5.90. The first-order valence-electron chi connectivity index (χ1n) is 9.29. The van der Waals surface area contributed by atoms with Gasteiger partial charge in [0.05, 0.1) is 0 Å². The van der Waals surface area contributed by atoms with E-state index >= 15 is 0 Å². The van der Waals surface area contributed by atoms with Crippen molar-refractivity contribution in [3.63, 3.8) is 0 Å². The minimum Gasteiger partial charge on any atom is -0.336 e. The molecule has 2 heterocycles. The second-order valence-corrected chi connectivity index (χ2v) is 6.64. The van der Waals surface area contributed by atoms with Gasteiger partial charge in [0.15, 0.2) is 5.65 Å². The highest BCUT2D eigenvalue weighted by Crippen LogP contribution is 2.23. The van der Waals surface area contributed by atoms with Crippen molar-refractivity contribution in [2.75, 3.05) is 11.9 Å². The number of amides is 2. The number of halogens is 1. The van der Waals surface area contributed by atoms with Crippen LogP contribution in [0.1, 0.15) is 5.56 Å². The molecule has 2 amide bonds. The zero-order valence-electron chi connectivity index (χ0n) is 15.9. The Morgan fingerprint density at radius 3 is 2.66 bits per heavy atom. The molecule has 0 saturated heterocycles.